The molecule has 0 radical (unpaired) electrons. The van der Waals surface area contributed by atoms with Crippen LogP contribution in [0.4, 0.5) is 0 Å². The highest BCUT2D eigenvalue weighted by atomic mass is 16.5. The summed E-state index contributed by atoms with van der Waals surface area (Å²) >= 11 is 0. The van der Waals surface area contributed by atoms with Gasteiger partial charge in [-0.2, -0.15) is 0 Å². The predicted molar refractivity (Wildman–Crippen MR) is 78.8 cm³/mol. The highest BCUT2D eigenvalue weighted by Gasteiger charge is 2.14. The van der Waals surface area contributed by atoms with Gasteiger partial charge >= 0.3 is 0 Å². The molecule has 1 saturated heterocycles. The van der Waals surface area contributed by atoms with Gasteiger partial charge in [0.25, 0.3) is 0 Å². The number of oxime groups is 1. The van der Waals surface area contributed by atoms with Crippen molar-refractivity contribution in [3.63, 3.8) is 0 Å². The lowest BCUT2D eigenvalue weighted by Crippen LogP contribution is -2.24. The Morgan fingerprint density at radius 2 is 2.33 bits per heavy atom. The van der Waals surface area contributed by atoms with Gasteiger partial charge in [0.15, 0.2) is 5.84 Å². The number of hydrogen-bond acceptors (Lipinski definition) is 5. The quantitative estimate of drug-likeness (QED) is 0.362. The summed E-state index contributed by atoms with van der Waals surface area (Å²) in [6.45, 7) is 1.87. The number of hydrogen-bond donors (Lipinski definition) is 2. The third kappa shape index (κ3) is 4.34. The number of rotatable bonds is 6. The molecule has 21 heavy (non-hydrogen) atoms. The molecule has 116 valence electrons. The zero-order valence-electron chi connectivity index (χ0n) is 12.2. The van der Waals surface area contributed by atoms with Crippen molar-refractivity contribution in [3.05, 3.63) is 29.3 Å². The molecule has 6 heteroatoms. The molecule has 1 aliphatic rings. The van der Waals surface area contributed by atoms with Crippen molar-refractivity contribution in [1.82, 2.24) is 0 Å². The fraction of sp³-hybridized carbons (Fsp3) is 0.533. The standard InChI is InChI=1S/C15H22N2O4/c1-19-14-6-5-11(8-13(14)15(16)17-18)9-20-10-12-4-2-3-7-21-12/h5-6,8,12,18H,2-4,7,9-10H2,1H3,(H2,16,17). The molecule has 0 aliphatic carbocycles. The molecule has 1 aliphatic heterocycles. The lowest BCUT2D eigenvalue weighted by atomic mass is 10.1. The molecule has 1 aromatic rings. The Labute approximate surface area is 124 Å². The third-order valence-electron chi connectivity index (χ3n) is 3.49. The molecule has 1 atom stereocenters. The van der Waals surface area contributed by atoms with Gasteiger partial charge in [-0.15, -0.1) is 0 Å². The van der Waals surface area contributed by atoms with Crippen LogP contribution < -0.4 is 10.5 Å². The second-order valence-corrected chi connectivity index (χ2v) is 5.02. The monoisotopic (exact) mass is 294 g/mol. The largest absolute Gasteiger partial charge is 0.496 e. The van der Waals surface area contributed by atoms with Gasteiger partial charge in [0.05, 0.1) is 32.0 Å². The molecule has 0 aromatic heterocycles. The van der Waals surface area contributed by atoms with E-state index in [2.05, 4.69) is 5.16 Å². The van der Waals surface area contributed by atoms with Gasteiger partial charge in [-0.1, -0.05) is 11.2 Å². The minimum absolute atomic E-state index is 0.0179. The van der Waals surface area contributed by atoms with Crippen LogP contribution in [0.2, 0.25) is 0 Å². The second kappa shape index (κ2) is 7.85. The van der Waals surface area contributed by atoms with E-state index in [1.54, 1.807) is 19.2 Å². The minimum Gasteiger partial charge on any atom is -0.496 e. The normalized spacial score (nSPS) is 19.5. The van der Waals surface area contributed by atoms with Crippen LogP contribution in [0.5, 0.6) is 5.75 Å². The van der Waals surface area contributed by atoms with Crippen molar-refractivity contribution in [2.24, 2.45) is 10.9 Å². The van der Waals surface area contributed by atoms with E-state index in [1.807, 2.05) is 6.07 Å². The van der Waals surface area contributed by atoms with Crippen LogP contribution in [0.1, 0.15) is 30.4 Å². The topological polar surface area (TPSA) is 86.3 Å². The molecular weight excluding hydrogens is 272 g/mol. The highest BCUT2D eigenvalue weighted by molar-refractivity contribution is 5.99. The van der Waals surface area contributed by atoms with Crippen LogP contribution in [-0.4, -0.2) is 37.5 Å². The molecular formula is C15H22N2O4. The van der Waals surface area contributed by atoms with Crippen LogP contribution in [0.15, 0.2) is 23.4 Å². The van der Waals surface area contributed by atoms with Gasteiger partial charge in [0.2, 0.25) is 0 Å². The van der Waals surface area contributed by atoms with E-state index < -0.39 is 0 Å². The summed E-state index contributed by atoms with van der Waals surface area (Å²) in [5.74, 6) is 0.578. The maximum atomic E-state index is 8.80. The van der Waals surface area contributed by atoms with Crippen LogP contribution in [0, 0.1) is 0 Å². The van der Waals surface area contributed by atoms with Crippen molar-refractivity contribution < 1.29 is 19.4 Å². The van der Waals surface area contributed by atoms with E-state index in [0.717, 1.165) is 25.0 Å². The molecule has 2 rings (SSSR count). The number of amidine groups is 1. The van der Waals surface area contributed by atoms with E-state index in [0.29, 0.717) is 24.5 Å². The Hall–Kier alpha value is -1.79. The smallest absolute Gasteiger partial charge is 0.173 e. The van der Waals surface area contributed by atoms with Gasteiger partial charge < -0.3 is 25.2 Å². The summed E-state index contributed by atoms with van der Waals surface area (Å²) in [6.07, 6.45) is 3.58. The van der Waals surface area contributed by atoms with Crippen LogP contribution in [0.25, 0.3) is 0 Å². The SMILES string of the molecule is COc1ccc(COCC2CCCCO2)cc1C(N)=NO. The Bertz CT molecular complexity index is 485. The Balaban J connectivity index is 1.93. The van der Waals surface area contributed by atoms with Crippen LogP contribution in [0.3, 0.4) is 0 Å². The number of methoxy groups -OCH3 is 1. The maximum absolute atomic E-state index is 8.80. The molecule has 0 bridgehead atoms. The molecule has 1 aromatic carbocycles. The zero-order valence-corrected chi connectivity index (χ0v) is 12.2. The van der Waals surface area contributed by atoms with Gasteiger partial charge in [-0.05, 0) is 37.0 Å². The first kappa shape index (κ1) is 15.6. The predicted octanol–water partition coefficient (Wildman–Crippen LogP) is 1.88. The molecule has 0 amide bonds. The first-order valence-electron chi connectivity index (χ1n) is 7.08. The first-order valence-corrected chi connectivity index (χ1v) is 7.08. The van der Waals surface area contributed by atoms with Crippen LogP contribution >= 0.6 is 0 Å². The molecule has 1 unspecified atom stereocenters. The average molecular weight is 294 g/mol. The minimum atomic E-state index is 0.0179. The maximum Gasteiger partial charge on any atom is 0.173 e. The van der Waals surface area contributed by atoms with Crippen molar-refractivity contribution in [3.8, 4) is 5.75 Å². The Kier molecular flexibility index (Phi) is 5.83. The Morgan fingerprint density at radius 1 is 1.48 bits per heavy atom. The van der Waals surface area contributed by atoms with E-state index in [4.69, 9.17) is 25.2 Å². The number of ether oxygens (including phenoxy) is 3. The number of nitrogens with two attached hydrogens (primary N) is 1. The van der Waals surface area contributed by atoms with E-state index >= 15 is 0 Å². The molecule has 6 nitrogen and oxygen atoms in total. The molecule has 1 fully saturated rings. The summed E-state index contributed by atoms with van der Waals surface area (Å²) < 4.78 is 16.5. The summed E-state index contributed by atoms with van der Waals surface area (Å²) in [6, 6.07) is 5.48. The highest BCUT2D eigenvalue weighted by Crippen LogP contribution is 2.20. The molecule has 3 N–H and O–H groups in total. The first-order chi connectivity index (χ1) is 10.2. The molecule has 0 saturated carbocycles. The summed E-state index contributed by atoms with van der Waals surface area (Å²) in [5, 5.41) is 11.8. The van der Waals surface area contributed by atoms with Gasteiger partial charge in [-0.25, -0.2) is 0 Å². The van der Waals surface area contributed by atoms with E-state index in [-0.39, 0.29) is 11.9 Å². The second-order valence-electron chi connectivity index (χ2n) is 5.02. The van der Waals surface area contributed by atoms with Gasteiger partial charge in [0, 0.05) is 6.61 Å². The lowest BCUT2D eigenvalue weighted by Gasteiger charge is -2.22. The summed E-state index contributed by atoms with van der Waals surface area (Å²) in [7, 11) is 1.54. The van der Waals surface area contributed by atoms with Crippen molar-refractivity contribution in [1.29, 1.82) is 0 Å². The molecule has 1 heterocycles. The number of nitrogens with zero attached hydrogens (tertiary/aromatic N) is 1. The third-order valence-corrected chi connectivity index (χ3v) is 3.49. The Morgan fingerprint density at radius 3 is 3.00 bits per heavy atom. The van der Waals surface area contributed by atoms with Gasteiger partial charge in [0.1, 0.15) is 5.75 Å². The average Bonchev–Trinajstić information content (AvgIpc) is 2.55. The summed E-state index contributed by atoms with van der Waals surface area (Å²) in [4.78, 5) is 0. The zero-order chi connectivity index (χ0) is 15.1. The summed E-state index contributed by atoms with van der Waals surface area (Å²) in [5.41, 5.74) is 7.13. The fourth-order valence-electron chi connectivity index (χ4n) is 2.35. The van der Waals surface area contributed by atoms with Gasteiger partial charge in [-0.3, -0.25) is 0 Å². The van der Waals surface area contributed by atoms with E-state index in [9.17, 15) is 0 Å². The number of benzene rings is 1. The van der Waals surface area contributed by atoms with Crippen molar-refractivity contribution in [2.45, 2.75) is 32.0 Å². The lowest BCUT2D eigenvalue weighted by molar-refractivity contribution is -0.0447. The van der Waals surface area contributed by atoms with Crippen molar-refractivity contribution in [2.75, 3.05) is 20.3 Å². The molecule has 0 spiro atoms. The fourth-order valence-corrected chi connectivity index (χ4v) is 2.35. The van der Waals surface area contributed by atoms with E-state index in [1.165, 1.54) is 6.42 Å². The van der Waals surface area contributed by atoms with Crippen LogP contribution in [-0.2, 0) is 16.1 Å². The van der Waals surface area contributed by atoms with Crippen molar-refractivity contribution >= 4 is 5.84 Å².